The summed E-state index contributed by atoms with van der Waals surface area (Å²) in [6, 6.07) is 13.8. The van der Waals surface area contributed by atoms with E-state index in [4.69, 9.17) is 15.2 Å². The summed E-state index contributed by atoms with van der Waals surface area (Å²) in [5, 5.41) is 130. The number of nitrogens with one attached hydrogen (secondary N) is 8. The van der Waals surface area contributed by atoms with Crippen LogP contribution in [-0.2, 0) is 45.2 Å². The summed E-state index contributed by atoms with van der Waals surface area (Å²) in [5.74, 6) is -2.43. The maximum absolute atomic E-state index is 13.5. The summed E-state index contributed by atoms with van der Waals surface area (Å²) < 4.78 is 14.2. The number of nitro benzene ring substituents is 8. The average Bonchev–Trinajstić information content (AvgIpc) is 1.64. The van der Waals surface area contributed by atoms with Gasteiger partial charge in [0.25, 0.3) is 57.3 Å². The Kier molecular flexibility index (Phi) is 27.8. The lowest BCUT2D eigenvalue weighted by atomic mass is 10.1. The molecular weight excluding hydrogens is 1370 g/mol. The monoisotopic (exact) mass is 1440 g/mol. The van der Waals surface area contributed by atoms with Gasteiger partial charge in [0, 0.05) is 67.3 Å². The maximum atomic E-state index is 13.5. The molecule has 0 radical (unpaired) electrons. The predicted molar refractivity (Wildman–Crippen MR) is 359 cm³/mol. The molecule has 544 valence electrons. The standard InChI is InChI=1S/C58H65N23O22/c59-38-26-36(55(82)64-32-39-34-72(70-68-39)19-23-102-21-17-62-57(84)49(66-47-13-9-43(76(90)91)30-53(47)80(98)99)5-1-3-15-60-45-11-7-41(74(86)87)28-51(45)78(94)95)25-37(27-38)56(83)65-33-40-35-73(71-69-40)20-24-103-22-18-63-58(85)50(67-48-14-10-44(77(92)93)31-54(48)81(100)101)6-2-4-16-61-46-12-8-42(75(88)89)29-52(46)79(96)97/h7-14,25-31,34-35,49-50,60-61,66-67H,1-6,15-24,32-33,59H2,(H,62,84)(H,63,85)(H,64,82)(H,65,83)/t49-,50-/m1/s1. The molecule has 45 heteroatoms. The minimum absolute atomic E-state index is 0.00835. The lowest BCUT2D eigenvalue weighted by Gasteiger charge is -2.20. The molecule has 0 saturated heterocycles. The first kappa shape index (κ1) is 76.7. The number of non-ortho nitro benzene ring substituents is 4. The molecule has 7 rings (SSSR count). The van der Waals surface area contributed by atoms with Crippen molar-refractivity contribution in [3.8, 4) is 0 Å². The van der Waals surface area contributed by atoms with Crippen molar-refractivity contribution in [3.63, 3.8) is 0 Å². The first-order valence-corrected chi connectivity index (χ1v) is 30.9. The van der Waals surface area contributed by atoms with Crippen molar-refractivity contribution in [1.82, 2.24) is 51.3 Å². The van der Waals surface area contributed by atoms with Gasteiger partial charge in [-0.05, 0) is 81.0 Å². The van der Waals surface area contributed by atoms with Crippen LogP contribution in [0.15, 0.2) is 103 Å². The lowest BCUT2D eigenvalue weighted by Crippen LogP contribution is -2.41. The molecule has 0 aliphatic heterocycles. The van der Waals surface area contributed by atoms with Crippen molar-refractivity contribution < 1.29 is 68.0 Å². The van der Waals surface area contributed by atoms with Crippen LogP contribution in [-0.4, -0.2) is 158 Å². The van der Waals surface area contributed by atoms with E-state index in [1.807, 2.05) is 0 Å². The Morgan fingerprint density at radius 3 is 1.10 bits per heavy atom. The van der Waals surface area contributed by atoms with E-state index in [0.717, 1.165) is 60.7 Å². The average molecular weight is 1440 g/mol. The van der Waals surface area contributed by atoms with Crippen LogP contribution in [0.25, 0.3) is 0 Å². The van der Waals surface area contributed by atoms with Gasteiger partial charge in [-0.15, -0.1) is 10.2 Å². The summed E-state index contributed by atoms with van der Waals surface area (Å²) >= 11 is 0. The number of nitro groups is 8. The second kappa shape index (κ2) is 37.4. The van der Waals surface area contributed by atoms with Crippen LogP contribution in [0.1, 0.15) is 70.6 Å². The number of hydrogen-bond acceptors (Lipinski definition) is 31. The number of nitrogens with zero attached hydrogens (tertiary/aromatic N) is 14. The fraction of sp³-hybridized carbons (Fsp3) is 0.345. The molecule has 103 heavy (non-hydrogen) atoms. The Morgan fingerprint density at radius 2 is 0.757 bits per heavy atom. The van der Waals surface area contributed by atoms with Gasteiger partial charge in [-0.25, -0.2) is 9.36 Å². The number of nitrogen functional groups attached to an aromatic ring is 1. The third kappa shape index (κ3) is 23.3. The van der Waals surface area contributed by atoms with Crippen LogP contribution in [0.2, 0.25) is 0 Å². The number of aromatic nitrogens is 6. The quantitative estimate of drug-likeness (QED) is 0.0100. The minimum atomic E-state index is -1.12. The van der Waals surface area contributed by atoms with Gasteiger partial charge in [-0.1, -0.05) is 10.4 Å². The fourth-order valence-corrected chi connectivity index (χ4v) is 9.76. The van der Waals surface area contributed by atoms with Crippen molar-refractivity contribution in [2.75, 3.05) is 79.6 Å². The lowest BCUT2D eigenvalue weighted by molar-refractivity contribution is -0.393. The van der Waals surface area contributed by atoms with Crippen molar-refractivity contribution >= 4 is 97.6 Å². The number of amides is 4. The number of anilines is 5. The van der Waals surface area contributed by atoms with Crippen molar-refractivity contribution in [1.29, 1.82) is 0 Å². The molecule has 4 amide bonds. The fourth-order valence-electron chi connectivity index (χ4n) is 9.76. The Balaban J connectivity index is 0.807. The summed E-state index contributed by atoms with van der Waals surface area (Å²) in [6.45, 7) is 0.537. The molecule has 10 N–H and O–H groups in total. The molecule has 45 nitrogen and oxygen atoms in total. The van der Waals surface area contributed by atoms with E-state index in [0.29, 0.717) is 24.2 Å². The molecular formula is C58H65N23O22. The highest BCUT2D eigenvalue weighted by atomic mass is 16.7. The van der Waals surface area contributed by atoms with Gasteiger partial charge in [0.2, 0.25) is 11.8 Å². The van der Waals surface area contributed by atoms with Gasteiger partial charge < -0.3 is 57.7 Å². The van der Waals surface area contributed by atoms with Crippen molar-refractivity contribution in [3.05, 3.63) is 207 Å². The summed E-state index contributed by atoms with van der Waals surface area (Å²) in [4.78, 5) is 139. The number of carbonyl (C=O) groups is 4. The maximum Gasteiger partial charge on any atom is 0.299 e. The normalized spacial score (nSPS) is 11.5. The molecule has 0 aliphatic carbocycles. The Hall–Kier alpha value is -13.6. The highest BCUT2D eigenvalue weighted by Gasteiger charge is 2.28. The van der Waals surface area contributed by atoms with E-state index in [9.17, 15) is 100 Å². The van der Waals surface area contributed by atoms with Gasteiger partial charge >= 0.3 is 0 Å². The third-order valence-electron chi connectivity index (χ3n) is 14.9. The van der Waals surface area contributed by atoms with E-state index < -0.39 is 121 Å². The molecule has 2 aromatic heterocycles. The van der Waals surface area contributed by atoms with Crippen LogP contribution in [0.3, 0.4) is 0 Å². The van der Waals surface area contributed by atoms with Crippen LogP contribution >= 0.6 is 0 Å². The number of unbranched alkanes of at least 4 members (excludes halogenated alkanes) is 2. The number of benzene rings is 5. The molecule has 0 bridgehead atoms. The first-order valence-electron chi connectivity index (χ1n) is 30.9. The molecule has 0 aliphatic rings. The number of nitrogens with two attached hydrogens (primary N) is 1. The summed E-state index contributed by atoms with van der Waals surface area (Å²) in [6.07, 6.45) is 4.36. The number of rotatable bonds is 44. The second-order valence-electron chi connectivity index (χ2n) is 22.1. The second-order valence-corrected chi connectivity index (χ2v) is 22.1. The Bertz CT molecular complexity index is 4040. The highest BCUT2D eigenvalue weighted by molar-refractivity contribution is 6.01. The number of hydrogen-bond donors (Lipinski definition) is 9. The zero-order chi connectivity index (χ0) is 74.7. The third-order valence-corrected chi connectivity index (χ3v) is 14.9. The van der Waals surface area contributed by atoms with Crippen LogP contribution in [0.5, 0.6) is 0 Å². The predicted octanol–water partition coefficient (Wildman–Crippen LogP) is 5.37. The van der Waals surface area contributed by atoms with Crippen LogP contribution in [0, 0.1) is 80.9 Å². The Labute approximate surface area is 578 Å². The first-order chi connectivity index (χ1) is 49.2. The number of carbonyl (C=O) groups excluding carboxylic acids is 4. The molecule has 7 aromatic rings. The van der Waals surface area contributed by atoms with Gasteiger partial charge in [0.05, 0.1) is 129 Å². The van der Waals surface area contributed by atoms with E-state index in [-0.39, 0.29) is 144 Å². The van der Waals surface area contributed by atoms with Gasteiger partial charge in [-0.2, -0.15) is 0 Å². The summed E-state index contributed by atoms with van der Waals surface area (Å²) in [5.41, 5.74) is 2.24. The zero-order valence-corrected chi connectivity index (χ0v) is 54.0. The van der Waals surface area contributed by atoms with Gasteiger partial charge in [-0.3, -0.25) is 100 Å². The Morgan fingerprint density at radius 1 is 0.417 bits per heavy atom. The molecule has 0 fully saturated rings. The van der Waals surface area contributed by atoms with E-state index in [2.05, 4.69) is 63.2 Å². The van der Waals surface area contributed by atoms with Crippen LogP contribution < -0.4 is 48.3 Å². The van der Waals surface area contributed by atoms with Crippen molar-refractivity contribution in [2.24, 2.45) is 0 Å². The van der Waals surface area contributed by atoms with Crippen LogP contribution in [0.4, 0.5) is 73.9 Å². The molecule has 0 unspecified atom stereocenters. The van der Waals surface area contributed by atoms with E-state index >= 15 is 0 Å². The van der Waals surface area contributed by atoms with Gasteiger partial charge in [0.1, 0.15) is 46.2 Å². The largest absolute Gasteiger partial charge is 0.399 e. The molecule has 2 atom stereocenters. The van der Waals surface area contributed by atoms with Gasteiger partial charge in [0.15, 0.2) is 0 Å². The van der Waals surface area contributed by atoms with E-state index in [1.54, 1.807) is 12.4 Å². The number of ether oxygens (including phenoxy) is 2. The van der Waals surface area contributed by atoms with E-state index in [1.165, 1.54) is 39.7 Å². The minimum Gasteiger partial charge on any atom is -0.399 e. The topological polar surface area (TPSA) is 616 Å². The van der Waals surface area contributed by atoms with Crippen molar-refractivity contribution in [2.45, 2.75) is 76.8 Å². The molecule has 5 aromatic carbocycles. The summed E-state index contributed by atoms with van der Waals surface area (Å²) in [7, 11) is 0. The SMILES string of the molecule is Nc1cc(C(=O)NCc2cn(CCOCCNC(=O)[C@@H](CCCCNc3ccc([N+](=O)[O-])cc3[N+](=O)[O-])Nc3ccc([N+](=O)[O-])cc3[N+](=O)[O-])nn2)cc(C(=O)NCc2cn(CCOCCNC(=O)[C@@H](CCCCNc3ccc([N+](=O)[O-])cc3[N+](=O)[O-])Nc3ccc([N+](=O)[O-])cc3[N+](=O)[O-])nn2)c1. The smallest absolute Gasteiger partial charge is 0.299 e. The molecule has 0 spiro atoms. The zero-order valence-electron chi connectivity index (χ0n) is 54.0. The molecule has 0 saturated carbocycles. The highest BCUT2D eigenvalue weighted by Crippen LogP contribution is 2.34. The molecule has 2 heterocycles.